The van der Waals surface area contributed by atoms with Crippen LogP contribution in [0.5, 0.6) is 0 Å². The number of rotatable bonds is 4. The molecule has 2 rings (SSSR count). The van der Waals surface area contributed by atoms with Crippen LogP contribution in [0.25, 0.3) is 0 Å². The largest absolute Gasteiger partial charge is 0.469 e. The molecular weight excluding hydrogens is 282 g/mol. The smallest absolute Gasteiger partial charge is 0.409 e. The van der Waals surface area contributed by atoms with Crippen LogP contribution in [0.15, 0.2) is 30.3 Å². The second kappa shape index (κ2) is 7.29. The summed E-state index contributed by atoms with van der Waals surface area (Å²) >= 11 is 0. The van der Waals surface area contributed by atoms with Crippen LogP contribution in [0.4, 0.5) is 4.79 Å². The molecule has 0 aliphatic carbocycles. The van der Waals surface area contributed by atoms with Crippen LogP contribution in [-0.4, -0.2) is 43.8 Å². The summed E-state index contributed by atoms with van der Waals surface area (Å²) in [6.07, 6.45) is 1.51. The van der Waals surface area contributed by atoms with Gasteiger partial charge in [-0.25, -0.2) is 4.79 Å². The van der Waals surface area contributed by atoms with Crippen molar-refractivity contribution in [1.29, 1.82) is 0 Å². The fraction of sp³-hybridized carbons (Fsp3) is 0.529. The first kappa shape index (κ1) is 16.3. The van der Waals surface area contributed by atoms with E-state index in [9.17, 15) is 9.59 Å². The van der Waals surface area contributed by atoms with Gasteiger partial charge in [-0.15, -0.1) is 0 Å². The van der Waals surface area contributed by atoms with Crippen LogP contribution < -0.4 is 0 Å². The molecule has 1 fully saturated rings. The summed E-state index contributed by atoms with van der Waals surface area (Å²) in [7, 11) is 1.42. The van der Waals surface area contributed by atoms with Gasteiger partial charge in [-0.2, -0.15) is 0 Å². The molecule has 0 atom stereocenters. The van der Waals surface area contributed by atoms with Crippen LogP contribution in [-0.2, 0) is 20.7 Å². The predicted octanol–water partition coefficient (Wildman–Crippen LogP) is 2.64. The van der Waals surface area contributed by atoms with Crippen LogP contribution in [0.1, 0.15) is 25.3 Å². The maximum atomic E-state index is 12.3. The summed E-state index contributed by atoms with van der Waals surface area (Å²) in [5.74, 6) is -0.195. The number of piperidine rings is 1. The number of nitrogens with zero attached hydrogens (tertiary/aromatic N) is 1. The van der Waals surface area contributed by atoms with Gasteiger partial charge in [0, 0.05) is 13.1 Å². The lowest BCUT2D eigenvalue weighted by Gasteiger charge is -2.39. The van der Waals surface area contributed by atoms with E-state index < -0.39 is 5.41 Å². The number of methoxy groups -OCH3 is 1. The normalized spacial score (nSPS) is 16.9. The number of hydrogen-bond donors (Lipinski definition) is 0. The molecule has 22 heavy (non-hydrogen) atoms. The van der Waals surface area contributed by atoms with Gasteiger partial charge in [-0.3, -0.25) is 4.79 Å². The minimum absolute atomic E-state index is 0.195. The van der Waals surface area contributed by atoms with Gasteiger partial charge in [0.15, 0.2) is 0 Å². The lowest BCUT2D eigenvalue weighted by Crippen LogP contribution is -2.48. The van der Waals surface area contributed by atoms with Gasteiger partial charge in [0.25, 0.3) is 0 Å². The first-order chi connectivity index (χ1) is 10.6. The third kappa shape index (κ3) is 3.59. The second-order valence-corrected chi connectivity index (χ2v) is 5.62. The first-order valence-corrected chi connectivity index (χ1v) is 7.65. The number of esters is 1. The fourth-order valence-corrected chi connectivity index (χ4v) is 2.99. The van der Waals surface area contributed by atoms with Crippen LogP contribution >= 0.6 is 0 Å². The Morgan fingerprint density at radius 3 is 2.36 bits per heavy atom. The minimum atomic E-state index is -0.556. The van der Waals surface area contributed by atoms with E-state index in [1.807, 2.05) is 30.3 Å². The highest BCUT2D eigenvalue weighted by Gasteiger charge is 2.43. The van der Waals surface area contributed by atoms with Gasteiger partial charge in [0.05, 0.1) is 19.1 Å². The van der Waals surface area contributed by atoms with Crippen molar-refractivity contribution >= 4 is 12.1 Å². The zero-order chi connectivity index (χ0) is 16.0. The molecule has 1 amide bonds. The summed E-state index contributed by atoms with van der Waals surface area (Å²) in [5, 5.41) is 0. The molecule has 5 nitrogen and oxygen atoms in total. The van der Waals surface area contributed by atoms with Crippen molar-refractivity contribution in [2.24, 2.45) is 5.41 Å². The van der Waals surface area contributed by atoms with Crippen molar-refractivity contribution in [1.82, 2.24) is 4.90 Å². The summed E-state index contributed by atoms with van der Waals surface area (Å²) in [6.45, 7) is 3.18. The van der Waals surface area contributed by atoms with Crippen molar-refractivity contribution in [3.8, 4) is 0 Å². The average Bonchev–Trinajstić information content (AvgIpc) is 2.56. The summed E-state index contributed by atoms with van der Waals surface area (Å²) in [6, 6.07) is 9.92. The predicted molar refractivity (Wildman–Crippen MR) is 82.4 cm³/mol. The Morgan fingerprint density at radius 1 is 1.18 bits per heavy atom. The van der Waals surface area contributed by atoms with Crippen molar-refractivity contribution in [3.05, 3.63) is 35.9 Å². The minimum Gasteiger partial charge on any atom is -0.469 e. The summed E-state index contributed by atoms with van der Waals surface area (Å²) < 4.78 is 10.1. The molecule has 0 aromatic heterocycles. The van der Waals surface area contributed by atoms with E-state index in [-0.39, 0.29) is 12.1 Å². The Labute approximate surface area is 131 Å². The Hall–Kier alpha value is -2.04. The second-order valence-electron chi connectivity index (χ2n) is 5.62. The van der Waals surface area contributed by atoms with Gasteiger partial charge >= 0.3 is 12.1 Å². The van der Waals surface area contributed by atoms with E-state index in [0.29, 0.717) is 39.0 Å². The number of carbonyl (C=O) groups excluding carboxylic acids is 2. The maximum Gasteiger partial charge on any atom is 0.409 e. The zero-order valence-corrected chi connectivity index (χ0v) is 13.2. The van der Waals surface area contributed by atoms with Gasteiger partial charge in [0.2, 0.25) is 0 Å². The molecule has 1 aliphatic heterocycles. The van der Waals surface area contributed by atoms with E-state index in [2.05, 4.69) is 0 Å². The topological polar surface area (TPSA) is 55.8 Å². The van der Waals surface area contributed by atoms with Crippen LogP contribution in [0.3, 0.4) is 0 Å². The Morgan fingerprint density at radius 2 is 1.82 bits per heavy atom. The molecule has 0 radical (unpaired) electrons. The molecule has 5 heteroatoms. The number of ether oxygens (including phenoxy) is 2. The first-order valence-electron chi connectivity index (χ1n) is 7.65. The lowest BCUT2D eigenvalue weighted by atomic mass is 9.74. The number of amides is 1. The fourth-order valence-electron chi connectivity index (χ4n) is 2.99. The highest BCUT2D eigenvalue weighted by atomic mass is 16.6. The van der Waals surface area contributed by atoms with E-state index in [1.165, 1.54) is 7.11 Å². The van der Waals surface area contributed by atoms with Crippen molar-refractivity contribution in [2.45, 2.75) is 26.2 Å². The molecular formula is C17H23NO4. The molecule has 1 heterocycles. The number of carbonyl (C=O) groups is 2. The quantitative estimate of drug-likeness (QED) is 0.803. The van der Waals surface area contributed by atoms with Crippen LogP contribution in [0, 0.1) is 5.41 Å². The zero-order valence-electron chi connectivity index (χ0n) is 13.2. The van der Waals surface area contributed by atoms with Crippen LogP contribution in [0.2, 0.25) is 0 Å². The van der Waals surface area contributed by atoms with Gasteiger partial charge in [-0.05, 0) is 31.7 Å². The molecule has 120 valence electrons. The van der Waals surface area contributed by atoms with E-state index in [4.69, 9.17) is 9.47 Å². The lowest BCUT2D eigenvalue weighted by molar-refractivity contribution is -0.155. The monoisotopic (exact) mass is 305 g/mol. The molecule has 0 saturated carbocycles. The van der Waals surface area contributed by atoms with E-state index >= 15 is 0 Å². The van der Waals surface area contributed by atoms with Crippen molar-refractivity contribution in [3.63, 3.8) is 0 Å². The standard InChI is InChI=1S/C17H23NO4/c1-3-22-16(20)18-11-9-17(10-12-18,15(19)21-2)13-14-7-5-4-6-8-14/h4-8H,3,9-13H2,1-2H3. The van der Waals surface area contributed by atoms with E-state index in [0.717, 1.165) is 5.56 Å². The molecule has 0 spiro atoms. The number of hydrogen-bond acceptors (Lipinski definition) is 4. The maximum absolute atomic E-state index is 12.3. The molecule has 0 N–H and O–H groups in total. The molecule has 1 aromatic rings. The summed E-state index contributed by atoms with van der Waals surface area (Å²) in [5.41, 5.74) is 0.552. The number of benzene rings is 1. The average molecular weight is 305 g/mol. The highest BCUT2D eigenvalue weighted by molar-refractivity contribution is 5.78. The molecule has 0 unspecified atom stereocenters. The Kier molecular flexibility index (Phi) is 5.41. The molecule has 1 saturated heterocycles. The highest BCUT2D eigenvalue weighted by Crippen LogP contribution is 2.36. The number of likely N-dealkylation sites (tertiary alicyclic amines) is 1. The Balaban J connectivity index is 2.09. The van der Waals surface area contributed by atoms with Gasteiger partial charge in [0.1, 0.15) is 0 Å². The van der Waals surface area contributed by atoms with Gasteiger partial charge < -0.3 is 14.4 Å². The molecule has 1 aliphatic rings. The SMILES string of the molecule is CCOC(=O)N1CCC(Cc2ccccc2)(C(=O)OC)CC1. The summed E-state index contributed by atoms with van der Waals surface area (Å²) in [4.78, 5) is 25.8. The third-order valence-corrected chi connectivity index (χ3v) is 4.25. The molecule has 1 aromatic carbocycles. The van der Waals surface area contributed by atoms with Gasteiger partial charge in [-0.1, -0.05) is 30.3 Å². The Bertz CT molecular complexity index is 507. The van der Waals surface area contributed by atoms with Crippen molar-refractivity contribution < 1.29 is 19.1 Å². The van der Waals surface area contributed by atoms with Crippen molar-refractivity contribution in [2.75, 3.05) is 26.8 Å². The molecule has 0 bridgehead atoms. The van der Waals surface area contributed by atoms with E-state index in [1.54, 1.807) is 11.8 Å². The third-order valence-electron chi connectivity index (χ3n) is 4.25.